The van der Waals surface area contributed by atoms with Gasteiger partial charge in [-0.3, -0.25) is 0 Å². The molecule has 0 heterocycles. The summed E-state index contributed by atoms with van der Waals surface area (Å²) in [7, 11) is 0. The fourth-order valence-electron chi connectivity index (χ4n) is 5.16. The van der Waals surface area contributed by atoms with E-state index in [9.17, 15) is 0 Å². The molecule has 0 aliphatic heterocycles. The summed E-state index contributed by atoms with van der Waals surface area (Å²) in [6, 6.07) is 53.8. The molecule has 0 amide bonds. The Balaban J connectivity index is 0.000000150. The first-order valence-corrected chi connectivity index (χ1v) is 20.2. The Hall–Kier alpha value is -3.58. The summed E-state index contributed by atoms with van der Waals surface area (Å²) < 4.78 is 0. The molecule has 2 heteroatoms. The maximum absolute atomic E-state index is 2.31. The van der Waals surface area contributed by atoms with Crippen LogP contribution in [-0.4, -0.2) is 5.43 Å². The third kappa shape index (κ3) is 7.39. The summed E-state index contributed by atoms with van der Waals surface area (Å²) in [4.78, 5) is 0. The van der Waals surface area contributed by atoms with Crippen molar-refractivity contribution in [3.05, 3.63) is 157 Å². The number of hydrogen-bond donors (Lipinski definition) is 0. The van der Waals surface area contributed by atoms with Gasteiger partial charge in [-0.25, -0.2) is 0 Å². The third-order valence-corrected chi connectivity index (χ3v) is 6.92. The predicted molar refractivity (Wildman–Crippen MR) is 178 cm³/mol. The Kier molecular flexibility index (Phi) is 9.78. The first kappa shape index (κ1) is 28.9. The molecule has 0 unspecified atom stereocenters. The van der Waals surface area contributed by atoms with Crippen molar-refractivity contribution in [3.8, 4) is 33.4 Å². The van der Waals surface area contributed by atoms with Gasteiger partial charge in [0.1, 0.15) is 0 Å². The molecule has 0 aromatic heterocycles. The summed E-state index contributed by atoms with van der Waals surface area (Å²) in [5.74, 6) is 0. The molecule has 0 saturated carbocycles. The van der Waals surface area contributed by atoms with Crippen LogP contribution in [0.25, 0.3) is 54.9 Å². The number of hydrogen-bond acceptors (Lipinski definition) is 0. The van der Waals surface area contributed by atoms with Crippen LogP contribution in [0.1, 0.15) is 5.56 Å². The second kappa shape index (κ2) is 13.9. The largest absolute Gasteiger partial charge is 0.165 e. The van der Waals surface area contributed by atoms with Crippen molar-refractivity contribution in [2.24, 2.45) is 0 Å². The van der Waals surface area contributed by atoms with Gasteiger partial charge in [-0.05, 0) is 11.1 Å². The minimum Gasteiger partial charge on any atom is -0.165 e. The summed E-state index contributed by atoms with van der Waals surface area (Å²) in [5, 5.41) is 5.31. The molecule has 0 radical (unpaired) electrons. The van der Waals surface area contributed by atoms with Gasteiger partial charge >= 0.3 is 41.9 Å². The van der Waals surface area contributed by atoms with Gasteiger partial charge in [-0.15, -0.1) is 69.1 Å². The molecule has 198 valence electrons. The third-order valence-electron chi connectivity index (χ3n) is 6.92. The Bertz CT molecular complexity index is 1860. The number of rotatable bonds is 3. The van der Waals surface area contributed by atoms with Gasteiger partial charge < -0.3 is 0 Å². The summed E-state index contributed by atoms with van der Waals surface area (Å²) in [6.07, 6.45) is 0. The zero-order valence-electron chi connectivity index (χ0n) is 23.9. The molecule has 7 aromatic carbocycles. The number of benzene rings is 5. The van der Waals surface area contributed by atoms with Crippen LogP contribution in [0.3, 0.4) is 0 Å². The van der Waals surface area contributed by atoms with Crippen molar-refractivity contribution in [1.82, 2.24) is 0 Å². The molecule has 7 aromatic rings. The second-order valence-corrected chi connectivity index (χ2v) is 19.9. The van der Waals surface area contributed by atoms with E-state index in [4.69, 9.17) is 0 Å². The molecule has 41 heavy (non-hydrogen) atoms. The Morgan fingerprint density at radius 1 is 0.488 bits per heavy atom. The van der Waals surface area contributed by atoms with Crippen molar-refractivity contribution in [2.75, 3.05) is 0 Å². The monoisotopic (exact) mass is 620 g/mol. The van der Waals surface area contributed by atoms with Crippen LogP contribution < -0.4 is 0 Å². The molecule has 0 aliphatic rings. The molecule has 0 spiro atoms. The van der Waals surface area contributed by atoms with Crippen molar-refractivity contribution in [1.29, 1.82) is 0 Å². The maximum Gasteiger partial charge on any atom is -0.0259 e. The van der Waals surface area contributed by atoms with Gasteiger partial charge in [0.25, 0.3) is 0 Å². The molecular weight excluding hydrogens is 588 g/mol. The number of fused-ring (bicyclic) bond motifs is 2. The number of aryl methyl sites for hydroxylation is 1. The van der Waals surface area contributed by atoms with Crippen LogP contribution in [0, 0.1) is 6.92 Å². The standard InChI is InChI=1S/C21H15.C16H13.C2H6Si.Zr/c1-3-8-16(9-4-1)19-14-18-12-7-13-20(21(18)15-19)17-10-5-2-6-11-17;1-12-10-14-8-5-9-15(16(14)11-12)13-6-3-2-4-7-13;1-3-2;/h1-15H;2-11H,1H3;1-2H3;/q2*-1;;+2. The first-order valence-electron chi connectivity index (χ1n) is 14.0. The van der Waals surface area contributed by atoms with E-state index in [2.05, 4.69) is 172 Å². The quantitative estimate of drug-likeness (QED) is 0.136. The SMILES string of the molecule is C[Si](C)=[Zr+2].Cc1cc2c(-c3ccccc3)cccc2[cH-]1.c1ccc(-c2cc3c(-c4ccccc4)cccc3[cH-]2)cc1. The van der Waals surface area contributed by atoms with Crippen LogP contribution in [-0.2, 0) is 23.3 Å². The second-order valence-electron chi connectivity index (χ2n) is 10.5. The van der Waals surface area contributed by atoms with E-state index in [1.165, 1.54) is 60.5 Å². The molecule has 7 rings (SSSR count). The average Bonchev–Trinajstić information content (AvgIpc) is 3.61. The Morgan fingerprint density at radius 3 is 1.39 bits per heavy atom. The normalized spacial score (nSPS) is 10.5. The topological polar surface area (TPSA) is 0 Å². The van der Waals surface area contributed by atoms with Crippen LogP contribution >= 0.6 is 0 Å². The van der Waals surface area contributed by atoms with E-state index in [0.717, 1.165) is 0 Å². The van der Waals surface area contributed by atoms with E-state index in [0.29, 0.717) is 0 Å². The van der Waals surface area contributed by atoms with E-state index < -0.39 is 0 Å². The Labute approximate surface area is 259 Å². The van der Waals surface area contributed by atoms with E-state index in [-0.39, 0.29) is 5.43 Å². The van der Waals surface area contributed by atoms with Crippen LogP contribution in [0.5, 0.6) is 0 Å². The minimum atomic E-state index is 0.210. The zero-order valence-corrected chi connectivity index (χ0v) is 27.4. The van der Waals surface area contributed by atoms with Crippen LogP contribution in [0.2, 0.25) is 13.1 Å². The average molecular weight is 622 g/mol. The van der Waals surface area contributed by atoms with Crippen LogP contribution in [0.15, 0.2) is 152 Å². The molecule has 0 nitrogen and oxygen atoms in total. The summed E-state index contributed by atoms with van der Waals surface area (Å²) in [5.41, 5.74) is 9.29. The van der Waals surface area contributed by atoms with Gasteiger partial charge in [-0.1, -0.05) is 133 Å². The maximum atomic E-state index is 2.31. The van der Waals surface area contributed by atoms with Crippen molar-refractivity contribution in [2.45, 2.75) is 20.0 Å². The first-order chi connectivity index (χ1) is 20.0. The van der Waals surface area contributed by atoms with E-state index in [1.807, 2.05) is 0 Å². The van der Waals surface area contributed by atoms with Gasteiger partial charge in [-0.2, -0.15) is 6.07 Å². The molecule has 0 fully saturated rings. The van der Waals surface area contributed by atoms with E-state index in [1.54, 1.807) is 23.3 Å². The minimum absolute atomic E-state index is 0.210. The summed E-state index contributed by atoms with van der Waals surface area (Å²) in [6.45, 7) is 6.76. The van der Waals surface area contributed by atoms with Crippen molar-refractivity contribution >= 4 is 27.0 Å². The molecule has 0 N–H and O–H groups in total. The molecule has 0 aliphatic carbocycles. The fraction of sp³-hybridized carbons (Fsp3) is 0.0769. The fourth-order valence-corrected chi connectivity index (χ4v) is 5.16. The zero-order chi connectivity index (χ0) is 28.6. The van der Waals surface area contributed by atoms with Gasteiger partial charge in [0.15, 0.2) is 0 Å². The van der Waals surface area contributed by atoms with Gasteiger partial charge in [0.2, 0.25) is 0 Å². The molecule has 0 bridgehead atoms. The van der Waals surface area contributed by atoms with Gasteiger partial charge in [0.05, 0.1) is 0 Å². The molecular formula is C39H34SiZr. The Morgan fingerprint density at radius 2 is 0.902 bits per heavy atom. The van der Waals surface area contributed by atoms with Crippen molar-refractivity contribution in [3.63, 3.8) is 0 Å². The van der Waals surface area contributed by atoms with Gasteiger partial charge in [0, 0.05) is 0 Å². The van der Waals surface area contributed by atoms with E-state index >= 15 is 0 Å². The van der Waals surface area contributed by atoms with Crippen LogP contribution in [0.4, 0.5) is 0 Å². The smallest absolute Gasteiger partial charge is 0.0259 e. The molecule has 0 saturated heterocycles. The molecule has 0 atom stereocenters. The predicted octanol–water partition coefficient (Wildman–Crippen LogP) is 11.2. The summed E-state index contributed by atoms with van der Waals surface area (Å²) >= 11 is 1.74. The van der Waals surface area contributed by atoms with Crippen molar-refractivity contribution < 1.29 is 23.3 Å².